The van der Waals surface area contributed by atoms with Crippen molar-refractivity contribution in [3.05, 3.63) is 52.9 Å². The van der Waals surface area contributed by atoms with Crippen molar-refractivity contribution in [1.29, 1.82) is 0 Å². The van der Waals surface area contributed by atoms with Gasteiger partial charge in [0.1, 0.15) is 0 Å². The van der Waals surface area contributed by atoms with Gasteiger partial charge in [-0.1, -0.05) is 18.2 Å². The van der Waals surface area contributed by atoms with Crippen LogP contribution in [-0.4, -0.2) is 35.7 Å². The number of methoxy groups -OCH3 is 1. The van der Waals surface area contributed by atoms with Crippen LogP contribution in [0.4, 0.5) is 0 Å². The van der Waals surface area contributed by atoms with Gasteiger partial charge in [-0.25, -0.2) is 0 Å². The molecule has 0 fully saturated rings. The monoisotopic (exact) mass is 380 g/mol. The Balaban J connectivity index is 1.56. The number of hydrogen-bond donors (Lipinski definition) is 0. The minimum absolute atomic E-state index is 0.131. The van der Waals surface area contributed by atoms with Crippen LogP contribution in [0.3, 0.4) is 0 Å². The van der Waals surface area contributed by atoms with Gasteiger partial charge in [-0.3, -0.25) is 9.78 Å². The molecule has 1 aliphatic carbocycles. The molecule has 1 amide bonds. The van der Waals surface area contributed by atoms with E-state index in [-0.39, 0.29) is 5.91 Å². The van der Waals surface area contributed by atoms with Gasteiger partial charge < -0.3 is 19.1 Å². The van der Waals surface area contributed by atoms with Gasteiger partial charge in [-0.05, 0) is 36.6 Å². The van der Waals surface area contributed by atoms with Crippen molar-refractivity contribution in [1.82, 2.24) is 9.88 Å². The van der Waals surface area contributed by atoms with Crippen LogP contribution in [0.2, 0.25) is 0 Å². The molecule has 0 unspecified atom stereocenters. The first kappa shape index (κ1) is 18.3. The second-order valence-electron chi connectivity index (χ2n) is 7.55. The molecule has 0 atom stereocenters. The van der Waals surface area contributed by atoms with Crippen LogP contribution in [-0.2, 0) is 13.0 Å². The number of ether oxygens (including phenoxy) is 3. The van der Waals surface area contributed by atoms with E-state index in [2.05, 4.69) is 18.2 Å². The van der Waals surface area contributed by atoms with Crippen molar-refractivity contribution in [2.24, 2.45) is 0 Å². The lowest BCUT2D eigenvalue weighted by Crippen LogP contribution is -2.29. The van der Waals surface area contributed by atoms with Crippen molar-refractivity contribution in [2.45, 2.75) is 39.0 Å². The number of rotatable bonds is 4. The van der Waals surface area contributed by atoms with Gasteiger partial charge in [0, 0.05) is 32.2 Å². The van der Waals surface area contributed by atoms with Crippen LogP contribution >= 0.6 is 0 Å². The number of carbonyl (C=O) groups is 1. The first-order chi connectivity index (χ1) is 13.4. The van der Waals surface area contributed by atoms with Gasteiger partial charge >= 0.3 is 0 Å². The third-order valence-corrected chi connectivity index (χ3v) is 4.85. The van der Waals surface area contributed by atoms with E-state index in [1.165, 1.54) is 0 Å². The first-order valence-electron chi connectivity index (χ1n) is 9.37. The molecule has 6 nitrogen and oxygen atoms in total. The Kier molecular flexibility index (Phi) is 4.49. The fourth-order valence-electron chi connectivity index (χ4n) is 3.52. The molecular weight excluding hydrogens is 356 g/mol. The Hall–Kier alpha value is -3.02. The number of amides is 1. The molecule has 28 heavy (non-hydrogen) atoms. The van der Waals surface area contributed by atoms with Crippen LogP contribution in [0.1, 0.15) is 47.6 Å². The Labute approximate surface area is 164 Å². The Morgan fingerprint density at radius 2 is 2.11 bits per heavy atom. The topological polar surface area (TPSA) is 60.9 Å². The quantitative estimate of drug-likeness (QED) is 0.807. The average Bonchev–Trinajstić information content (AvgIpc) is 3.00. The number of pyridine rings is 1. The highest BCUT2D eigenvalue weighted by atomic mass is 16.7. The summed E-state index contributed by atoms with van der Waals surface area (Å²) in [6.07, 6.45) is 6.20. The molecule has 6 heteroatoms. The molecular formula is C22H24N2O4. The van der Waals surface area contributed by atoms with Gasteiger partial charge in [-0.2, -0.15) is 0 Å². The second kappa shape index (κ2) is 6.86. The van der Waals surface area contributed by atoms with Crippen molar-refractivity contribution in [2.75, 3.05) is 14.2 Å². The molecule has 146 valence electrons. The fourth-order valence-corrected chi connectivity index (χ4v) is 3.52. The third kappa shape index (κ3) is 3.42. The summed E-state index contributed by atoms with van der Waals surface area (Å²) in [6.45, 7) is 4.06. The minimum Gasteiger partial charge on any atom is -0.493 e. The molecule has 0 bridgehead atoms. The van der Waals surface area contributed by atoms with E-state index in [1.807, 2.05) is 19.9 Å². The van der Waals surface area contributed by atoms with Crippen LogP contribution in [0.25, 0.3) is 6.08 Å². The maximum absolute atomic E-state index is 13.0. The molecule has 1 aromatic heterocycles. The molecule has 1 aromatic carbocycles. The van der Waals surface area contributed by atoms with Gasteiger partial charge in [0.2, 0.25) is 11.5 Å². The van der Waals surface area contributed by atoms with Gasteiger partial charge in [0.05, 0.1) is 19.3 Å². The Bertz CT molecular complexity index is 965. The zero-order valence-electron chi connectivity index (χ0n) is 16.6. The summed E-state index contributed by atoms with van der Waals surface area (Å²) in [5.41, 5.74) is 3.61. The van der Waals surface area contributed by atoms with E-state index in [0.717, 1.165) is 29.8 Å². The Morgan fingerprint density at radius 3 is 2.89 bits per heavy atom. The first-order valence-corrected chi connectivity index (χ1v) is 9.37. The number of fused-ring (bicyclic) bond motifs is 2. The lowest BCUT2D eigenvalue weighted by atomic mass is 10.0. The molecule has 0 saturated heterocycles. The third-order valence-electron chi connectivity index (χ3n) is 4.85. The van der Waals surface area contributed by atoms with E-state index in [4.69, 9.17) is 19.2 Å². The molecule has 2 aromatic rings. The highest BCUT2D eigenvalue weighted by Gasteiger charge is 2.35. The largest absolute Gasteiger partial charge is 0.493 e. The van der Waals surface area contributed by atoms with Crippen molar-refractivity contribution in [3.63, 3.8) is 0 Å². The van der Waals surface area contributed by atoms with Crippen LogP contribution in [0.15, 0.2) is 30.3 Å². The average molecular weight is 380 g/mol. The number of aromatic nitrogens is 1. The molecule has 4 rings (SSSR count). The number of aryl methyl sites for hydroxylation is 1. The van der Waals surface area contributed by atoms with Crippen molar-refractivity contribution < 1.29 is 19.0 Å². The summed E-state index contributed by atoms with van der Waals surface area (Å²) in [5.74, 6) is 0.605. The van der Waals surface area contributed by atoms with E-state index in [9.17, 15) is 4.79 Å². The van der Waals surface area contributed by atoms with Crippen LogP contribution in [0, 0.1) is 0 Å². The standard InChI is InChI=1S/C22H24N2O4/c1-22(2)27-19-12-15(11-18(26-4)20(19)28-22)21(25)24(3)13-16-10-9-14-7-5-6-8-17(14)23-16/h5,7,9-12H,6,8,13H2,1-4H3. The smallest absolute Gasteiger partial charge is 0.254 e. The highest BCUT2D eigenvalue weighted by molar-refractivity contribution is 5.95. The van der Waals surface area contributed by atoms with E-state index in [1.54, 1.807) is 31.2 Å². The van der Waals surface area contributed by atoms with E-state index < -0.39 is 5.79 Å². The minimum atomic E-state index is -0.787. The summed E-state index contributed by atoms with van der Waals surface area (Å²) in [4.78, 5) is 19.4. The summed E-state index contributed by atoms with van der Waals surface area (Å²) >= 11 is 0. The zero-order valence-corrected chi connectivity index (χ0v) is 16.6. The molecule has 2 aliphatic rings. The molecule has 1 aliphatic heterocycles. The van der Waals surface area contributed by atoms with E-state index >= 15 is 0 Å². The lowest BCUT2D eigenvalue weighted by molar-refractivity contribution is -0.0439. The predicted octanol–water partition coefficient (Wildman–Crippen LogP) is 3.83. The summed E-state index contributed by atoms with van der Waals surface area (Å²) < 4.78 is 17.0. The number of hydrogen-bond acceptors (Lipinski definition) is 5. The summed E-state index contributed by atoms with van der Waals surface area (Å²) in [5, 5.41) is 0. The normalized spacial score (nSPS) is 15.9. The van der Waals surface area contributed by atoms with Gasteiger partial charge in [0.25, 0.3) is 5.91 Å². The molecule has 0 saturated carbocycles. The van der Waals surface area contributed by atoms with Crippen molar-refractivity contribution in [3.8, 4) is 17.2 Å². The number of allylic oxidation sites excluding steroid dienone is 1. The summed E-state index contributed by atoms with van der Waals surface area (Å²) in [7, 11) is 3.32. The lowest BCUT2D eigenvalue weighted by Gasteiger charge is -2.19. The number of nitrogens with zero attached hydrogens (tertiary/aromatic N) is 2. The predicted molar refractivity (Wildman–Crippen MR) is 106 cm³/mol. The maximum Gasteiger partial charge on any atom is 0.254 e. The fraction of sp³-hybridized carbons (Fsp3) is 0.364. The maximum atomic E-state index is 13.0. The van der Waals surface area contributed by atoms with Crippen LogP contribution in [0.5, 0.6) is 17.2 Å². The second-order valence-corrected chi connectivity index (χ2v) is 7.55. The number of carbonyl (C=O) groups excluding carboxylic acids is 1. The molecule has 2 heterocycles. The van der Waals surface area contributed by atoms with Gasteiger partial charge in [0.15, 0.2) is 11.5 Å². The zero-order chi connectivity index (χ0) is 19.9. The highest BCUT2D eigenvalue weighted by Crippen LogP contribution is 2.46. The molecule has 0 N–H and O–H groups in total. The van der Waals surface area contributed by atoms with Crippen LogP contribution < -0.4 is 14.2 Å². The Morgan fingerprint density at radius 1 is 1.29 bits per heavy atom. The van der Waals surface area contributed by atoms with Crippen molar-refractivity contribution >= 4 is 12.0 Å². The molecule has 0 spiro atoms. The van der Waals surface area contributed by atoms with E-state index in [0.29, 0.717) is 29.4 Å². The summed E-state index contributed by atoms with van der Waals surface area (Å²) in [6, 6.07) is 7.43. The SMILES string of the molecule is COc1cc(C(=O)N(C)Cc2ccc3c(n2)CCC=C3)cc2c1OC(C)(C)O2. The molecule has 0 radical (unpaired) electrons. The van der Waals surface area contributed by atoms with Gasteiger partial charge in [-0.15, -0.1) is 0 Å². The number of benzene rings is 1.